The molecular weight excluding hydrogens is 308 g/mol. The molecular formula is C13H15BrN4O. The SMILES string of the molecule is Cn1cnnc1CNC1CCOc2ccc(Br)cc21. The van der Waals surface area contributed by atoms with Gasteiger partial charge in [-0.1, -0.05) is 15.9 Å². The predicted octanol–water partition coefficient (Wildman–Crippen LogP) is 2.19. The van der Waals surface area contributed by atoms with Crippen LogP contribution in [-0.2, 0) is 13.6 Å². The van der Waals surface area contributed by atoms with Gasteiger partial charge in [0.05, 0.1) is 13.2 Å². The van der Waals surface area contributed by atoms with Crippen LogP contribution in [0.2, 0.25) is 0 Å². The molecule has 1 N–H and O–H groups in total. The smallest absolute Gasteiger partial charge is 0.146 e. The van der Waals surface area contributed by atoms with Crippen molar-refractivity contribution < 1.29 is 4.74 Å². The molecule has 1 aromatic carbocycles. The van der Waals surface area contributed by atoms with Gasteiger partial charge in [0.1, 0.15) is 17.9 Å². The van der Waals surface area contributed by atoms with E-state index in [2.05, 4.69) is 37.5 Å². The number of nitrogens with zero attached hydrogens (tertiary/aromatic N) is 3. The fourth-order valence-electron chi connectivity index (χ4n) is 2.26. The van der Waals surface area contributed by atoms with Gasteiger partial charge in [0, 0.05) is 29.5 Å². The third-order valence-corrected chi connectivity index (χ3v) is 3.82. The number of rotatable bonds is 3. The molecule has 2 aromatic rings. The second-order valence-corrected chi connectivity index (χ2v) is 5.53. The molecule has 5 nitrogen and oxygen atoms in total. The maximum Gasteiger partial charge on any atom is 0.146 e. The Hall–Kier alpha value is -1.40. The summed E-state index contributed by atoms with van der Waals surface area (Å²) in [5.74, 6) is 1.90. The van der Waals surface area contributed by atoms with Crippen molar-refractivity contribution in [3.05, 3.63) is 40.4 Å². The van der Waals surface area contributed by atoms with Gasteiger partial charge in [-0.2, -0.15) is 0 Å². The summed E-state index contributed by atoms with van der Waals surface area (Å²) in [7, 11) is 1.95. The van der Waals surface area contributed by atoms with Crippen molar-refractivity contribution in [3.63, 3.8) is 0 Å². The Morgan fingerprint density at radius 3 is 3.21 bits per heavy atom. The average molecular weight is 323 g/mol. The van der Waals surface area contributed by atoms with Crippen LogP contribution in [0.5, 0.6) is 5.75 Å². The Kier molecular flexibility index (Phi) is 3.52. The number of hydrogen-bond acceptors (Lipinski definition) is 4. The molecule has 0 bridgehead atoms. The Morgan fingerprint density at radius 1 is 1.53 bits per heavy atom. The van der Waals surface area contributed by atoms with E-state index in [-0.39, 0.29) is 6.04 Å². The van der Waals surface area contributed by atoms with E-state index in [1.165, 1.54) is 5.56 Å². The van der Waals surface area contributed by atoms with Gasteiger partial charge in [0.2, 0.25) is 0 Å². The van der Waals surface area contributed by atoms with Crippen LogP contribution in [0.1, 0.15) is 23.9 Å². The number of ether oxygens (including phenoxy) is 1. The highest BCUT2D eigenvalue weighted by Gasteiger charge is 2.21. The Morgan fingerprint density at radius 2 is 2.42 bits per heavy atom. The summed E-state index contributed by atoms with van der Waals surface area (Å²) in [5.41, 5.74) is 1.20. The Bertz CT molecular complexity index is 584. The number of benzene rings is 1. The number of halogens is 1. The molecule has 1 aromatic heterocycles. The van der Waals surface area contributed by atoms with E-state index < -0.39 is 0 Å². The molecule has 2 heterocycles. The van der Waals surface area contributed by atoms with Gasteiger partial charge >= 0.3 is 0 Å². The molecule has 100 valence electrons. The van der Waals surface area contributed by atoms with Crippen LogP contribution in [0.4, 0.5) is 0 Å². The third kappa shape index (κ3) is 2.64. The molecule has 0 aliphatic carbocycles. The van der Waals surface area contributed by atoms with Gasteiger partial charge in [-0.3, -0.25) is 0 Å². The summed E-state index contributed by atoms with van der Waals surface area (Å²) in [5, 5.41) is 11.5. The van der Waals surface area contributed by atoms with Crippen molar-refractivity contribution in [1.82, 2.24) is 20.1 Å². The van der Waals surface area contributed by atoms with E-state index in [1.807, 2.05) is 23.7 Å². The van der Waals surface area contributed by atoms with Crippen LogP contribution >= 0.6 is 15.9 Å². The standard InChI is InChI=1S/C13H15BrN4O/c1-18-8-16-17-13(18)7-15-11-4-5-19-12-3-2-9(14)6-10(11)12/h2-3,6,8,11,15H,4-5,7H2,1H3. The number of hydrogen-bond donors (Lipinski definition) is 1. The van der Waals surface area contributed by atoms with Gasteiger partial charge in [0.25, 0.3) is 0 Å². The Labute approximate surface area is 120 Å². The molecule has 1 atom stereocenters. The molecule has 19 heavy (non-hydrogen) atoms. The van der Waals surface area contributed by atoms with Crippen molar-refractivity contribution in [2.75, 3.05) is 6.61 Å². The lowest BCUT2D eigenvalue weighted by atomic mass is 10.0. The first kappa shape index (κ1) is 12.6. The molecule has 0 saturated carbocycles. The third-order valence-electron chi connectivity index (χ3n) is 3.32. The number of aromatic nitrogens is 3. The molecule has 0 fully saturated rings. The first-order chi connectivity index (χ1) is 9.24. The summed E-state index contributed by atoms with van der Waals surface area (Å²) in [4.78, 5) is 0. The van der Waals surface area contributed by atoms with Crippen LogP contribution in [0, 0.1) is 0 Å². The summed E-state index contributed by atoms with van der Waals surface area (Å²) in [6, 6.07) is 6.42. The van der Waals surface area contributed by atoms with Crippen molar-refractivity contribution in [2.24, 2.45) is 7.05 Å². The van der Waals surface area contributed by atoms with Gasteiger partial charge in [-0.25, -0.2) is 0 Å². The molecule has 1 unspecified atom stereocenters. The maximum absolute atomic E-state index is 5.68. The van der Waals surface area contributed by atoms with E-state index in [4.69, 9.17) is 4.74 Å². The zero-order valence-corrected chi connectivity index (χ0v) is 12.2. The molecule has 3 rings (SSSR count). The number of aryl methyl sites for hydroxylation is 1. The van der Waals surface area contributed by atoms with Crippen LogP contribution in [0.25, 0.3) is 0 Å². The summed E-state index contributed by atoms with van der Waals surface area (Å²) in [6.45, 7) is 1.44. The van der Waals surface area contributed by atoms with E-state index >= 15 is 0 Å². The van der Waals surface area contributed by atoms with Crippen LogP contribution in [0.15, 0.2) is 29.0 Å². The molecule has 6 heteroatoms. The van der Waals surface area contributed by atoms with Crippen LogP contribution < -0.4 is 10.1 Å². The maximum atomic E-state index is 5.68. The van der Waals surface area contributed by atoms with Gasteiger partial charge < -0.3 is 14.6 Å². The van der Waals surface area contributed by atoms with E-state index in [0.29, 0.717) is 6.54 Å². The summed E-state index contributed by atoms with van der Waals surface area (Å²) >= 11 is 3.51. The van der Waals surface area contributed by atoms with Crippen molar-refractivity contribution in [1.29, 1.82) is 0 Å². The highest BCUT2D eigenvalue weighted by molar-refractivity contribution is 9.10. The quantitative estimate of drug-likeness (QED) is 0.941. The first-order valence-electron chi connectivity index (χ1n) is 6.22. The van der Waals surface area contributed by atoms with Gasteiger partial charge in [-0.15, -0.1) is 10.2 Å². The summed E-state index contributed by atoms with van der Waals surface area (Å²) in [6.07, 6.45) is 2.67. The number of fused-ring (bicyclic) bond motifs is 1. The molecule has 0 saturated heterocycles. The normalized spacial score (nSPS) is 17.9. The fourth-order valence-corrected chi connectivity index (χ4v) is 2.64. The van der Waals surface area contributed by atoms with Gasteiger partial charge in [-0.05, 0) is 18.2 Å². The zero-order valence-electron chi connectivity index (χ0n) is 10.6. The number of nitrogens with one attached hydrogen (secondary N) is 1. The van der Waals surface area contributed by atoms with E-state index in [9.17, 15) is 0 Å². The molecule has 1 aliphatic rings. The lowest BCUT2D eigenvalue weighted by molar-refractivity contribution is 0.251. The van der Waals surface area contributed by atoms with Crippen LogP contribution in [0.3, 0.4) is 0 Å². The molecule has 0 radical (unpaired) electrons. The van der Waals surface area contributed by atoms with Crippen molar-refractivity contribution in [3.8, 4) is 5.75 Å². The zero-order chi connectivity index (χ0) is 13.2. The molecule has 0 amide bonds. The Balaban J connectivity index is 1.76. The fraction of sp³-hybridized carbons (Fsp3) is 0.385. The highest BCUT2D eigenvalue weighted by Crippen LogP contribution is 2.34. The predicted molar refractivity (Wildman–Crippen MR) is 74.8 cm³/mol. The largest absolute Gasteiger partial charge is 0.493 e. The van der Waals surface area contributed by atoms with E-state index in [0.717, 1.165) is 29.1 Å². The second-order valence-electron chi connectivity index (χ2n) is 4.61. The topological polar surface area (TPSA) is 52.0 Å². The molecule has 1 aliphatic heterocycles. The monoisotopic (exact) mass is 322 g/mol. The van der Waals surface area contributed by atoms with Crippen molar-refractivity contribution >= 4 is 15.9 Å². The van der Waals surface area contributed by atoms with Gasteiger partial charge in [0.15, 0.2) is 0 Å². The minimum Gasteiger partial charge on any atom is -0.493 e. The lowest BCUT2D eigenvalue weighted by Gasteiger charge is -2.26. The molecule has 0 spiro atoms. The van der Waals surface area contributed by atoms with Crippen LogP contribution in [-0.4, -0.2) is 21.4 Å². The first-order valence-corrected chi connectivity index (χ1v) is 7.02. The minimum atomic E-state index is 0.290. The lowest BCUT2D eigenvalue weighted by Crippen LogP contribution is -2.27. The minimum absolute atomic E-state index is 0.290. The summed E-state index contributed by atoms with van der Waals surface area (Å²) < 4.78 is 8.67. The second kappa shape index (κ2) is 5.30. The van der Waals surface area contributed by atoms with E-state index in [1.54, 1.807) is 6.33 Å². The van der Waals surface area contributed by atoms with Crippen molar-refractivity contribution in [2.45, 2.75) is 19.0 Å². The average Bonchev–Trinajstić information content (AvgIpc) is 2.82. The highest BCUT2D eigenvalue weighted by atomic mass is 79.9.